The predicted molar refractivity (Wildman–Crippen MR) is 187 cm³/mol. The van der Waals surface area contributed by atoms with Crippen LogP contribution in [0.2, 0.25) is 10.0 Å². The summed E-state index contributed by atoms with van der Waals surface area (Å²) in [4.78, 5) is 31.0. The fraction of sp³-hybridized carbons (Fsp3) is 0.342. The summed E-state index contributed by atoms with van der Waals surface area (Å²) in [6, 6.07) is 17.8. The molecular weight excluding hydrogens is 681 g/mol. The van der Waals surface area contributed by atoms with Gasteiger partial charge in [-0.15, -0.1) is 0 Å². The number of carboxylic acids is 1. The first-order valence-corrected chi connectivity index (χ1v) is 17.2. The molecule has 4 heterocycles. The first kappa shape index (κ1) is 35.3. The van der Waals surface area contributed by atoms with Gasteiger partial charge in [-0.05, 0) is 91.7 Å². The molecule has 1 N–H and O–H groups in total. The molecule has 3 aromatic carbocycles. The van der Waals surface area contributed by atoms with Crippen molar-refractivity contribution in [2.45, 2.75) is 44.8 Å². The number of methoxy groups -OCH3 is 2. The van der Waals surface area contributed by atoms with Crippen LogP contribution >= 0.6 is 23.2 Å². The molecule has 262 valence electrons. The Labute approximate surface area is 301 Å². The highest BCUT2D eigenvalue weighted by Gasteiger charge is 2.38. The van der Waals surface area contributed by atoms with E-state index in [0.717, 1.165) is 36.2 Å². The van der Waals surface area contributed by atoms with Crippen molar-refractivity contribution in [3.63, 3.8) is 0 Å². The number of aromatic nitrogens is 1. The maximum Gasteiger partial charge on any atom is 0.414 e. The van der Waals surface area contributed by atoms with Gasteiger partial charge >= 0.3 is 6.09 Å². The van der Waals surface area contributed by atoms with Crippen molar-refractivity contribution >= 4 is 41.0 Å². The van der Waals surface area contributed by atoms with Crippen molar-refractivity contribution in [2.24, 2.45) is 5.92 Å². The number of carboxylic acid groups (broad SMARTS) is 1. The van der Waals surface area contributed by atoms with E-state index in [0.29, 0.717) is 51.9 Å². The highest BCUT2D eigenvalue weighted by molar-refractivity contribution is 6.35. The minimum absolute atomic E-state index is 0.00345. The molecule has 1 aromatic heterocycles. The van der Waals surface area contributed by atoms with Crippen LogP contribution in [0.15, 0.2) is 73.1 Å². The number of ether oxygens (including phenoxy) is 3. The number of fused-ring (bicyclic) bond motifs is 3. The predicted octanol–water partition coefficient (Wildman–Crippen LogP) is 5.82. The summed E-state index contributed by atoms with van der Waals surface area (Å²) in [6.07, 6.45) is 3.96. The van der Waals surface area contributed by atoms with Crippen LogP contribution in [0.25, 0.3) is 0 Å². The van der Waals surface area contributed by atoms with Crippen molar-refractivity contribution < 1.29 is 38.8 Å². The van der Waals surface area contributed by atoms with E-state index < -0.39 is 18.0 Å². The van der Waals surface area contributed by atoms with Crippen LogP contribution in [0, 0.1) is 12.8 Å². The van der Waals surface area contributed by atoms with Gasteiger partial charge in [0.1, 0.15) is 16.1 Å². The van der Waals surface area contributed by atoms with Gasteiger partial charge in [-0.3, -0.25) is 15.0 Å². The molecule has 3 saturated heterocycles. The van der Waals surface area contributed by atoms with Gasteiger partial charge < -0.3 is 24.1 Å². The van der Waals surface area contributed by atoms with E-state index in [1.54, 1.807) is 29.2 Å². The second-order valence-electron chi connectivity index (χ2n) is 12.8. The molecule has 0 spiro atoms. The van der Waals surface area contributed by atoms with E-state index in [9.17, 15) is 19.9 Å². The smallest absolute Gasteiger partial charge is 0.414 e. The molecule has 12 heteroatoms. The van der Waals surface area contributed by atoms with Gasteiger partial charge in [0, 0.05) is 34.0 Å². The van der Waals surface area contributed by atoms with Gasteiger partial charge in [-0.1, -0.05) is 59.6 Å². The third-order valence-electron chi connectivity index (χ3n) is 9.76. The molecule has 0 saturated carbocycles. The summed E-state index contributed by atoms with van der Waals surface area (Å²) in [5.74, 6) is -0.860. The Bertz CT molecular complexity index is 1870. The summed E-state index contributed by atoms with van der Waals surface area (Å²) in [5, 5.41) is 23.3. The number of aryl methyl sites for hydroxylation is 1. The van der Waals surface area contributed by atoms with Gasteiger partial charge in [0.15, 0.2) is 11.5 Å². The Balaban J connectivity index is 1.49. The number of hydrogen-bond acceptors (Lipinski definition) is 8. The van der Waals surface area contributed by atoms with Gasteiger partial charge in [0.2, 0.25) is 12.4 Å². The summed E-state index contributed by atoms with van der Waals surface area (Å²) < 4.78 is 18.1. The topological polar surface area (TPSA) is 115 Å². The first-order valence-electron chi connectivity index (χ1n) is 16.5. The van der Waals surface area contributed by atoms with Crippen molar-refractivity contribution in [3.05, 3.63) is 116 Å². The van der Waals surface area contributed by atoms with Crippen molar-refractivity contribution in [3.8, 4) is 11.5 Å². The van der Waals surface area contributed by atoms with Crippen LogP contribution in [-0.4, -0.2) is 62.1 Å². The number of amides is 1. The normalized spacial score (nSPS) is 18.7. The molecule has 0 radical (unpaired) electrons. The lowest BCUT2D eigenvalue weighted by atomic mass is 9.80. The monoisotopic (exact) mass is 719 g/mol. The maximum atomic E-state index is 14.2. The van der Waals surface area contributed by atoms with Crippen LogP contribution < -0.4 is 24.2 Å². The number of hydrogen-bond donors (Lipinski definition) is 1. The van der Waals surface area contributed by atoms with Crippen LogP contribution in [0.1, 0.15) is 56.9 Å². The van der Waals surface area contributed by atoms with E-state index in [1.165, 1.54) is 32.7 Å². The zero-order valence-corrected chi connectivity index (χ0v) is 29.6. The number of aromatic carboxylic acids is 1. The minimum atomic E-state index is -1.39. The number of halogens is 2. The molecule has 3 fully saturated rings. The van der Waals surface area contributed by atoms with E-state index >= 15 is 0 Å². The third kappa shape index (κ3) is 7.47. The quantitative estimate of drug-likeness (QED) is 0.152. The van der Waals surface area contributed by atoms with E-state index in [4.69, 9.17) is 37.4 Å². The van der Waals surface area contributed by atoms with Gasteiger partial charge in [0.05, 0.1) is 26.7 Å². The van der Waals surface area contributed by atoms with Gasteiger partial charge in [-0.2, -0.15) is 0 Å². The number of carbonyl (C=O) groups is 2. The van der Waals surface area contributed by atoms with Gasteiger partial charge in [-0.25, -0.2) is 4.79 Å². The fourth-order valence-corrected chi connectivity index (χ4v) is 7.81. The number of anilines is 1. The molecule has 10 nitrogen and oxygen atoms in total. The molecule has 4 aromatic rings. The molecule has 0 unspecified atom stereocenters. The Morgan fingerprint density at radius 2 is 1.70 bits per heavy atom. The van der Waals surface area contributed by atoms with Crippen LogP contribution in [0.3, 0.4) is 0 Å². The summed E-state index contributed by atoms with van der Waals surface area (Å²) in [5.41, 5.74) is 3.62. The van der Waals surface area contributed by atoms with Gasteiger partial charge in [0.25, 0.3) is 0 Å². The number of piperidine rings is 3. The molecule has 3 aliphatic heterocycles. The number of pyridine rings is 1. The highest BCUT2D eigenvalue weighted by atomic mass is 35.5. The average Bonchev–Trinajstić information content (AvgIpc) is 3.10. The molecule has 2 atom stereocenters. The number of benzene rings is 3. The molecule has 50 heavy (non-hydrogen) atoms. The zero-order valence-electron chi connectivity index (χ0n) is 28.1. The number of nitrogens with zero attached hydrogens (tertiary/aromatic N) is 3. The number of rotatable bonds is 11. The molecule has 0 aliphatic carbocycles. The van der Waals surface area contributed by atoms with Crippen molar-refractivity contribution in [1.82, 2.24) is 4.90 Å². The molecule has 2 bridgehead atoms. The average molecular weight is 721 g/mol. The second-order valence-corrected chi connectivity index (χ2v) is 13.6. The molecular formula is C38H39Cl2N3O7. The summed E-state index contributed by atoms with van der Waals surface area (Å²) in [6.45, 7) is 4.64. The zero-order chi connectivity index (χ0) is 35.5. The minimum Gasteiger partial charge on any atom is -0.545 e. The summed E-state index contributed by atoms with van der Waals surface area (Å²) in [7, 11) is 3.05. The third-order valence-corrected chi connectivity index (χ3v) is 10.4. The lowest BCUT2D eigenvalue weighted by molar-refractivity contribution is -0.904. The molecule has 7 rings (SSSR count). The highest BCUT2D eigenvalue weighted by Crippen LogP contribution is 2.41. The van der Waals surface area contributed by atoms with Crippen LogP contribution in [0.4, 0.5) is 10.5 Å². The Morgan fingerprint density at radius 1 is 1.00 bits per heavy atom. The van der Waals surface area contributed by atoms with E-state index in [1.807, 2.05) is 37.3 Å². The first-order chi connectivity index (χ1) is 24.1. The van der Waals surface area contributed by atoms with Crippen LogP contribution in [0.5, 0.6) is 11.5 Å². The lowest BCUT2D eigenvalue weighted by Crippen LogP contribution is -2.53. The Morgan fingerprint density at radius 3 is 2.32 bits per heavy atom. The summed E-state index contributed by atoms with van der Waals surface area (Å²) >= 11 is 13.3. The molecule has 1 amide bonds. The second kappa shape index (κ2) is 15.2. The lowest BCUT2D eigenvalue weighted by Gasteiger charge is -2.44. The van der Waals surface area contributed by atoms with E-state index in [-0.39, 0.29) is 34.7 Å². The largest absolute Gasteiger partial charge is 0.545 e. The standard InChI is InChI=1S/C38H39Cl2N3O7/c1-23-6-4-8-27(16-23)43(38(46)50-35-22-41-14-12-24(35)13-15-41)19-26-7-5-9-28(37(44)45)36(26)29(18-30-31(39)20-42(47)21-32(30)40)25-10-11-33(48-2)34(17-25)49-3/h4-11,16-17,20-21,24,29,35H,12-15,18-19,22H2,1-3H3,(H-,44,45,47)/t29-,35-/m0/s1. The Kier molecular flexibility index (Phi) is 10.7. The molecule has 3 aliphatic rings. The van der Waals surface area contributed by atoms with Crippen LogP contribution in [-0.2, 0) is 17.7 Å². The van der Waals surface area contributed by atoms with E-state index in [2.05, 4.69) is 4.90 Å². The van der Waals surface area contributed by atoms with Crippen molar-refractivity contribution in [1.29, 1.82) is 0 Å². The maximum absolute atomic E-state index is 14.2. The Hall–Kier alpha value is -4.51. The fourth-order valence-electron chi connectivity index (χ4n) is 7.20. The van der Waals surface area contributed by atoms with Crippen molar-refractivity contribution in [2.75, 3.05) is 38.8 Å². The number of carbonyl (C=O) groups excluding carboxylic acids is 2. The SMILES string of the molecule is COc1ccc([C@H](Cc2c(Cl)c[n+](O)cc2Cl)c2c(CN(C(=O)O[C@H]3CN4CCC3CC4)c3cccc(C)c3)cccc2C(=O)[O-])cc1OC.